The first-order valence-electron chi connectivity index (χ1n) is 5.88. The van der Waals surface area contributed by atoms with Crippen LogP contribution in [0.3, 0.4) is 0 Å². The van der Waals surface area contributed by atoms with E-state index in [-0.39, 0.29) is 0 Å². The summed E-state index contributed by atoms with van der Waals surface area (Å²) in [6.45, 7) is 6.33. The summed E-state index contributed by atoms with van der Waals surface area (Å²) in [5.41, 5.74) is 5.82. The minimum Gasteiger partial charge on any atom is -0.508 e. The second-order valence-corrected chi connectivity index (χ2v) is 4.28. The van der Waals surface area contributed by atoms with Crippen molar-refractivity contribution in [2.45, 2.75) is 27.2 Å². The number of hydrogen-bond acceptors (Lipinski definition) is 2. The van der Waals surface area contributed by atoms with Gasteiger partial charge in [-0.15, -0.1) is 0 Å². The molecule has 0 amide bonds. The maximum atomic E-state index is 9.23. The Morgan fingerprint density at radius 2 is 1.82 bits per heavy atom. The third-order valence-corrected chi connectivity index (χ3v) is 3.11. The van der Waals surface area contributed by atoms with Gasteiger partial charge in [-0.05, 0) is 55.2 Å². The zero-order valence-corrected chi connectivity index (χ0v) is 10.5. The van der Waals surface area contributed by atoms with Crippen LogP contribution in [0, 0.1) is 0 Å². The molecule has 0 spiro atoms. The number of phenolic OH excluding ortho intramolecular Hbond substituents is 1. The second kappa shape index (κ2) is 4.58. The zero-order valence-electron chi connectivity index (χ0n) is 10.5. The number of phenols is 1. The molecule has 0 bridgehead atoms. The molecular weight excluding hydrogens is 210 g/mol. The highest BCUT2D eigenvalue weighted by Gasteiger charge is 2.15. The summed E-state index contributed by atoms with van der Waals surface area (Å²) in [6.07, 6.45) is 3.08. The van der Waals surface area contributed by atoms with Gasteiger partial charge in [-0.2, -0.15) is 0 Å². The fourth-order valence-electron chi connectivity index (χ4n) is 2.15. The lowest BCUT2D eigenvalue weighted by Crippen LogP contribution is -1.91. The van der Waals surface area contributed by atoms with Crippen molar-refractivity contribution >= 4 is 11.8 Å². The highest BCUT2D eigenvalue weighted by molar-refractivity contribution is 6.03. The van der Waals surface area contributed by atoms with Crippen molar-refractivity contribution in [3.05, 3.63) is 46.7 Å². The van der Waals surface area contributed by atoms with E-state index in [1.807, 2.05) is 12.1 Å². The van der Waals surface area contributed by atoms with Crippen LogP contribution >= 0.6 is 0 Å². The summed E-state index contributed by atoms with van der Waals surface area (Å²) in [5.74, 6) is 0.291. The number of benzene rings is 1. The van der Waals surface area contributed by atoms with E-state index >= 15 is 0 Å². The van der Waals surface area contributed by atoms with Crippen LogP contribution in [0.25, 0.3) is 6.08 Å². The van der Waals surface area contributed by atoms with Crippen LogP contribution in [0.5, 0.6) is 5.75 Å². The quantitative estimate of drug-likeness (QED) is 0.815. The number of aromatic hydroxyl groups is 1. The summed E-state index contributed by atoms with van der Waals surface area (Å²) < 4.78 is 0. The Morgan fingerprint density at radius 3 is 2.35 bits per heavy atom. The highest BCUT2D eigenvalue weighted by Crippen LogP contribution is 2.28. The van der Waals surface area contributed by atoms with Gasteiger partial charge in [-0.1, -0.05) is 19.1 Å². The van der Waals surface area contributed by atoms with E-state index in [1.54, 1.807) is 12.1 Å². The van der Waals surface area contributed by atoms with E-state index in [0.717, 1.165) is 23.4 Å². The Bertz CT molecular complexity index is 518. The molecule has 1 aromatic rings. The smallest absolute Gasteiger partial charge is 0.115 e. The summed E-state index contributed by atoms with van der Waals surface area (Å²) >= 11 is 0. The molecule has 2 nitrogen and oxygen atoms in total. The van der Waals surface area contributed by atoms with Gasteiger partial charge < -0.3 is 5.11 Å². The number of hydrogen-bond donors (Lipinski definition) is 1. The molecule has 1 aliphatic heterocycles. The lowest BCUT2D eigenvalue weighted by atomic mass is 10.0. The molecule has 0 atom stereocenters. The molecule has 0 aliphatic carbocycles. The van der Waals surface area contributed by atoms with Crippen molar-refractivity contribution in [2.24, 2.45) is 4.99 Å². The Hall–Kier alpha value is -1.83. The van der Waals surface area contributed by atoms with Crippen molar-refractivity contribution in [3.63, 3.8) is 0 Å². The van der Waals surface area contributed by atoms with Gasteiger partial charge in [-0.3, -0.25) is 4.99 Å². The van der Waals surface area contributed by atoms with E-state index in [9.17, 15) is 5.11 Å². The zero-order chi connectivity index (χ0) is 12.4. The first-order valence-corrected chi connectivity index (χ1v) is 5.88. The molecule has 2 heteroatoms. The van der Waals surface area contributed by atoms with Crippen molar-refractivity contribution in [1.82, 2.24) is 0 Å². The summed E-state index contributed by atoms with van der Waals surface area (Å²) in [7, 11) is 0. The standard InChI is InChI=1S/C15H17NO/c1-4-14-10(2)15(16-11(14)3)9-12-5-7-13(17)8-6-12/h5-9,17H,4H2,1-3H3/b15-9+. The predicted octanol–water partition coefficient (Wildman–Crippen LogP) is 3.93. The van der Waals surface area contributed by atoms with E-state index < -0.39 is 0 Å². The van der Waals surface area contributed by atoms with E-state index in [0.29, 0.717) is 5.75 Å². The van der Waals surface area contributed by atoms with Crippen molar-refractivity contribution in [3.8, 4) is 5.75 Å². The molecule has 0 radical (unpaired) electrons. The SMILES string of the molecule is CCC1=C(C)/C(=C\c2ccc(O)cc2)N=C1C. The van der Waals surface area contributed by atoms with Crippen LogP contribution in [0.2, 0.25) is 0 Å². The number of nitrogens with zero attached hydrogens (tertiary/aromatic N) is 1. The monoisotopic (exact) mass is 227 g/mol. The van der Waals surface area contributed by atoms with Gasteiger partial charge in [0.15, 0.2) is 0 Å². The van der Waals surface area contributed by atoms with Crippen LogP contribution in [0.1, 0.15) is 32.8 Å². The first-order chi connectivity index (χ1) is 8.11. The molecule has 0 saturated heterocycles. The van der Waals surface area contributed by atoms with Crippen molar-refractivity contribution in [1.29, 1.82) is 0 Å². The summed E-state index contributed by atoms with van der Waals surface area (Å²) in [6, 6.07) is 7.17. The Kier molecular flexibility index (Phi) is 3.14. The fraction of sp³-hybridized carbons (Fsp3) is 0.267. The Morgan fingerprint density at radius 1 is 1.18 bits per heavy atom. The maximum absolute atomic E-state index is 9.23. The van der Waals surface area contributed by atoms with Crippen LogP contribution < -0.4 is 0 Å². The average molecular weight is 227 g/mol. The molecule has 0 unspecified atom stereocenters. The number of rotatable bonds is 2. The minimum atomic E-state index is 0.291. The van der Waals surface area contributed by atoms with Gasteiger partial charge in [0.05, 0.1) is 5.70 Å². The predicted molar refractivity (Wildman–Crippen MR) is 72.2 cm³/mol. The molecule has 1 aromatic carbocycles. The third kappa shape index (κ3) is 2.31. The number of allylic oxidation sites excluding steroid dienone is 2. The average Bonchev–Trinajstić information content (AvgIpc) is 2.57. The largest absolute Gasteiger partial charge is 0.508 e. The van der Waals surface area contributed by atoms with Gasteiger partial charge in [-0.25, -0.2) is 0 Å². The third-order valence-electron chi connectivity index (χ3n) is 3.11. The molecule has 1 aliphatic rings. The fourth-order valence-corrected chi connectivity index (χ4v) is 2.15. The minimum absolute atomic E-state index is 0.291. The molecule has 0 saturated carbocycles. The molecule has 1 heterocycles. The first kappa shape index (κ1) is 11.6. The van der Waals surface area contributed by atoms with Crippen molar-refractivity contribution in [2.75, 3.05) is 0 Å². The Labute approximate surface area is 102 Å². The van der Waals surface area contributed by atoms with Gasteiger partial charge in [0.25, 0.3) is 0 Å². The molecule has 0 fully saturated rings. The van der Waals surface area contributed by atoms with E-state index in [2.05, 4.69) is 31.8 Å². The molecule has 88 valence electrons. The normalized spacial score (nSPS) is 17.8. The topological polar surface area (TPSA) is 32.6 Å². The molecule has 17 heavy (non-hydrogen) atoms. The van der Waals surface area contributed by atoms with Gasteiger partial charge >= 0.3 is 0 Å². The van der Waals surface area contributed by atoms with Crippen molar-refractivity contribution < 1.29 is 5.11 Å². The summed E-state index contributed by atoms with van der Waals surface area (Å²) in [5, 5.41) is 9.23. The van der Waals surface area contributed by atoms with Crippen LogP contribution in [0.15, 0.2) is 46.1 Å². The maximum Gasteiger partial charge on any atom is 0.115 e. The molecule has 0 aromatic heterocycles. The highest BCUT2D eigenvalue weighted by atomic mass is 16.3. The lowest BCUT2D eigenvalue weighted by molar-refractivity contribution is 0.475. The molecule has 2 rings (SSSR count). The second-order valence-electron chi connectivity index (χ2n) is 4.28. The van der Waals surface area contributed by atoms with E-state index in [1.165, 1.54) is 11.1 Å². The lowest BCUT2D eigenvalue weighted by Gasteiger charge is -2.00. The van der Waals surface area contributed by atoms with Crippen LogP contribution in [-0.4, -0.2) is 10.8 Å². The number of aliphatic imine (C=N–C) groups is 1. The Balaban J connectivity index is 2.37. The summed E-state index contributed by atoms with van der Waals surface area (Å²) in [4.78, 5) is 4.58. The van der Waals surface area contributed by atoms with Gasteiger partial charge in [0, 0.05) is 5.71 Å². The van der Waals surface area contributed by atoms with E-state index in [4.69, 9.17) is 0 Å². The van der Waals surface area contributed by atoms with Crippen LogP contribution in [-0.2, 0) is 0 Å². The van der Waals surface area contributed by atoms with Gasteiger partial charge in [0.2, 0.25) is 0 Å². The molecule has 1 N–H and O–H groups in total. The van der Waals surface area contributed by atoms with Gasteiger partial charge in [0.1, 0.15) is 5.75 Å². The molecular formula is C15H17NO. The van der Waals surface area contributed by atoms with Crippen LogP contribution in [0.4, 0.5) is 0 Å².